The van der Waals surface area contributed by atoms with Crippen LogP contribution in [0, 0.1) is 25.2 Å². The first-order chi connectivity index (χ1) is 9.02. The number of aromatic nitrogens is 1. The number of nitrogens with one attached hydrogen (secondary N) is 1. The van der Waals surface area contributed by atoms with Crippen molar-refractivity contribution in [2.24, 2.45) is 0 Å². The summed E-state index contributed by atoms with van der Waals surface area (Å²) in [7, 11) is 1.59. The third-order valence-corrected chi connectivity index (χ3v) is 3.17. The van der Waals surface area contributed by atoms with Crippen molar-refractivity contribution in [2.75, 3.05) is 26.0 Å². The predicted octanol–water partition coefficient (Wildman–Crippen LogP) is 0.712. The van der Waals surface area contributed by atoms with Gasteiger partial charge in [-0.1, -0.05) is 0 Å². The van der Waals surface area contributed by atoms with Gasteiger partial charge in [0.1, 0.15) is 11.9 Å². The number of ether oxygens (including phenoxy) is 1. The number of nitrogens with two attached hydrogens (primary N) is 1. The number of nitrogen functional groups attached to an aromatic ring is 1. The first kappa shape index (κ1) is 15.1. The number of amides is 1. The van der Waals surface area contributed by atoms with Gasteiger partial charge >= 0.3 is 0 Å². The zero-order valence-electron chi connectivity index (χ0n) is 11.6. The Balaban J connectivity index is 2.64. The zero-order valence-corrected chi connectivity index (χ0v) is 11.6. The van der Waals surface area contributed by atoms with Gasteiger partial charge in [0.2, 0.25) is 5.91 Å². The van der Waals surface area contributed by atoms with E-state index in [0.717, 1.165) is 11.3 Å². The largest absolute Gasteiger partial charge is 0.384 e. The van der Waals surface area contributed by atoms with Gasteiger partial charge in [-0.05, 0) is 19.4 Å². The molecular formula is C13H20N4O2. The zero-order chi connectivity index (χ0) is 14.4. The molecule has 0 aliphatic rings. The van der Waals surface area contributed by atoms with Gasteiger partial charge < -0.3 is 20.4 Å². The number of carbonyl (C=O) groups is 1. The predicted molar refractivity (Wildman–Crippen MR) is 72.5 cm³/mol. The van der Waals surface area contributed by atoms with Crippen molar-refractivity contribution in [1.29, 1.82) is 5.26 Å². The van der Waals surface area contributed by atoms with E-state index in [1.54, 1.807) is 7.11 Å². The monoisotopic (exact) mass is 264 g/mol. The fourth-order valence-corrected chi connectivity index (χ4v) is 1.91. The number of carbonyl (C=O) groups excluding carboxylic acids is 1. The molecule has 1 heterocycles. The molecule has 0 spiro atoms. The Kier molecular flexibility index (Phi) is 5.39. The minimum Gasteiger partial charge on any atom is -0.384 e. The van der Waals surface area contributed by atoms with E-state index in [1.165, 1.54) is 0 Å². The molecule has 6 nitrogen and oxygen atoms in total. The van der Waals surface area contributed by atoms with Gasteiger partial charge in [-0.25, -0.2) is 0 Å². The van der Waals surface area contributed by atoms with E-state index in [4.69, 9.17) is 15.7 Å². The van der Waals surface area contributed by atoms with Crippen molar-refractivity contribution in [3.8, 4) is 6.07 Å². The average molecular weight is 264 g/mol. The normalized spacial score (nSPS) is 10.2. The molecule has 0 saturated carbocycles. The van der Waals surface area contributed by atoms with Gasteiger partial charge in [-0.3, -0.25) is 4.79 Å². The third kappa shape index (κ3) is 3.48. The van der Waals surface area contributed by atoms with Crippen LogP contribution in [0.5, 0.6) is 0 Å². The molecule has 0 aliphatic heterocycles. The molecule has 0 fully saturated rings. The topological polar surface area (TPSA) is 93.1 Å². The second-order valence-corrected chi connectivity index (χ2v) is 4.33. The molecule has 0 bridgehead atoms. The van der Waals surface area contributed by atoms with Crippen LogP contribution >= 0.6 is 0 Å². The van der Waals surface area contributed by atoms with E-state index in [1.807, 2.05) is 18.4 Å². The summed E-state index contributed by atoms with van der Waals surface area (Å²) in [6.07, 6.45) is 0.327. The summed E-state index contributed by atoms with van der Waals surface area (Å²) in [6, 6.07) is 2.09. The Morgan fingerprint density at radius 2 is 2.21 bits per heavy atom. The average Bonchev–Trinajstić information content (AvgIpc) is 2.59. The molecule has 19 heavy (non-hydrogen) atoms. The Labute approximate surface area is 113 Å². The van der Waals surface area contributed by atoms with E-state index in [-0.39, 0.29) is 5.91 Å². The fraction of sp³-hybridized carbons (Fsp3) is 0.538. The standard InChI is InChI=1S/C13H20N4O2/c1-9-10(2)17(13(15)11(9)8-14)6-4-12(18)16-5-7-19-3/h4-7,15H2,1-3H3,(H,16,18). The van der Waals surface area contributed by atoms with Gasteiger partial charge in [-0.2, -0.15) is 5.26 Å². The number of rotatable bonds is 6. The lowest BCUT2D eigenvalue weighted by Gasteiger charge is -2.09. The maximum Gasteiger partial charge on any atom is 0.221 e. The van der Waals surface area contributed by atoms with E-state index in [2.05, 4.69) is 11.4 Å². The van der Waals surface area contributed by atoms with Crippen LogP contribution in [-0.4, -0.2) is 30.7 Å². The summed E-state index contributed by atoms with van der Waals surface area (Å²) in [5, 5.41) is 11.8. The smallest absolute Gasteiger partial charge is 0.221 e. The molecular weight excluding hydrogens is 244 g/mol. The molecule has 0 aromatic carbocycles. The fourth-order valence-electron chi connectivity index (χ4n) is 1.91. The van der Waals surface area contributed by atoms with Crippen LogP contribution in [0.1, 0.15) is 23.2 Å². The van der Waals surface area contributed by atoms with Crippen molar-refractivity contribution in [3.63, 3.8) is 0 Å². The lowest BCUT2D eigenvalue weighted by atomic mass is 10.2. The molecule has 3 N–H and O–H groups in total. The van der Waals surface area contributed by atoms with E-state index in [0.29, 0.717) is 37.5 Å². The number of hydrogen-bond acceptors (Lipinski definition) is 4. The maximum absolute atomic E-state index is 11.6. The molecule has 1 aromatic rings. The van der Waals surface area contributed by atoms with Gasteiger partial charge in [-0.15, -0.1) is 0 Å². The van der Waals surface area contributed by atoms with Crippen LogP contribution in [-0.2, 0) is 16.1 Å². The van der Waals surface area contributed by atoms with Crippen molar-refractivity contribution in [2.45, 2.75) is 26.8 Å². The van der Waals surface area contributed by atoms with Crippen LogP contribution in [0.3, 0.4) is 0 Å². The Morgan fingerprint density at radius 1 is 1.53 bits per heavy atom. The second-order valence-electron chi connectivity index (χ2n) is 4.33. The Bertz CT molecular complexity index is 500. The molecule has 1 aromatic heterocycles. The SMILES string of the molecule is COCCNC(=O)CCn1c(C)c(C)c(C#N)c1N. The van der Waals surface area contributed by atoms with Crippen LogP contribution < -0.4 is 11.1 Å². The number of methoxy groups -OCH3 is 1. The maximum atomic E-state index is 11.6. The summed E-state index contributed by atoms with van der Waals surface area (Å²) in [5.74, 6) is 0.378. The molecule has 6 heteroatoms. The summed E-state index contributed by atoms with van der Waals surface area (Å²) in [6.45, 7) is 5.22. The lowest BCUT2D eigenvalue weighted by molar-refractivity contribution is -0.121. The molecule has 1 rings (SSSR count). The van der Waals surface area contributed by atoms with Gasteiger partial charge in [0.05, 0.1) is 12.2 Å². The molecule has 104 valence electrons. The van der Waals surface area contributed by atoms with Gasteiger partial charge in [0, 0.05) is 32.3 Å². The molecule has 1 amide bonds. The van der Waals surface area contributed by atoms with Crippen LogP contribution in [0.25, 0.3) is 0 Å². The Morgan fingerprint density at radius 3 is 2.74 bits per heavy atom. The summed E-state index contributed by atoms with van der Waals surface area (Å²) >= 11 is 0. The summed E-state index contributed by atoms with van der Waals surface area (Å²) < 4.78 is 6.66. The van der Waals surface area contributed by atoms with Crippen LogP contribution in [0.2, 0.25) is 0 Å². The first-order valence-electron chi connectivity index (χ1n) is 6.13. The highest BCUT2D eigenvalue weighted by Crippen LogP contribution is 2.23. The second kappa shape index (κ2) is 6.81. The number of nitriles is 1. The summed E-state index contributed by atoms with van der Waals surface area (Å²) in [4.78, 5) is 11.6. The van der Waals surface area contributed by atoms with Gasteiger partial charge in [0.25, 0.3) is 0 Å². The minimum absolute atomic E-state index is 0.0549. The minimum atomic E-state index is -0.0549. The van der Waals surface area contributed by atoms with Crippen molar-refractivity contribution in [1.82, 2.24) is 9.88 Å². The number of nitrogens with zero attached hydrogens (tertiary/aromatic N) is 2. The highest BCUT2D eigenvalue weighted by Gasteiger charge is 2.15. The van der Waals surface area contributed by atoms with Crippen molar-refractivity contribution >= 4 is 11.7 Å². The van der Waals surface area contributed by atoms with E-state index in [9.17, 15) is 4.79 Å². The lowest BCUT2D eigenvalue weighted by Crippen LogP contribution is -2.27. The van der Waals surface area contributed by atoms with E-state index < -0.39 is 0 Å². The van der Waals surface area contributed by atoms with Crippen LogP contribution in [0.15, 0.2) is 0 Å². The Hall–Kier alpha value is -2.00. The van der Waals surface area contributed by atoms with Crippen LogP contribution in [0.4, 0.5) is 5.82 Å². The van der Waals surface area contributed by atoms with Gasteiger partial charge in [0.15, 0.2) is 0 Å². The molecule has 0 unspecified atom stereocenters. The molecule has 0 atom stereocenters. The van der Waals surface area contributed by atoms with Crippen molar-refractivity contribution < 1.29 is 9.53 Å². The third-order valence-electron chi connectivity index (χ3n) is 3.17. The number of hydrogen-bond donors (Lipinski definition) is 2. The molecule has 0 aliphatic carbocycles. The van der Waals surface area contributed by atoms with Crippen molar-refractivity contribution in [3.05, 3.63) is 16.8 Å². The summed E-state index contributed by atoms with van der Waals surface area (Å²) in [5.41, 5.74) is 8.21. The molecule has 0 radical (unpaired) electrons. The quantitative estimate of drug-likeness (QED) is 0.740. The first-order valence-corrected chi connectivity index (χ1v) is 6.13. The highest BCUT2D eigenvalue weighted by atomic mass is 16.5. The van der Waals surface area contributed by atoms with E-state index >= 15 is 0 Å². The molecule has 0 saturated heterocycles. The highest BCUT2D eigenvalue weighted by molar-refractivity contribution is 5.75. The number of anilines is 1.